The Morgan fingerprint density at radius 2 is 2.12 bits per heavy atom. The van der Waals surface area contributed by atoms with E-state index in [1.165, 1.54) is 5.69 Å². The zero-order valence-corrected chi connectivity index (χ0v) is 14.6. The van der Waals surface area contributed by atoms with Crippen LogP contribution in [-0.2, 0) is 32.1 Å². The Bertz CT molecular complexity index is 554. The van der Waals surface area contributed by atoms with Gasteiger partial charge < -0.3 is 19.1 Å². The number of nitrogens with zero attached hydrogens (tertiary/aromatic N) is 3. The molecule has 24 heavy (non-hydrogen) atoms. The quantitative estimate of drug-likeness (QED) is 0.776. The fraction of sp³-hybridized carbons (Fsp3) is 0.765. The second kappa shape index (κ2) is 8.09. The summed E-state index contributed by atoms with van der Waals surface area (Å²) in [6.45, 7) is 4.57. The molecule has 1 fully saturated rings. The number of ether oxygens (including phenoxy) is 3. The Hall–Kier alpha value is -1.44. The topological polar surface area (TPSA) is 65.8 Å². The van der Waals surface area contributed by atoms with Gasteiger partial charge in [0.05, 0.1) is 18.5 Å². The van der Waals surface area contributed by atoms with Crippen molar-refractivity contribution in [3.05, 3.63) is 17.5 Å². The van der Waals surface area contributed by atoms with Gasteiger partial charge in [0.25, 0.3) is 0 Å². The molecular formula is C17H27N3O4. The summed E-state index contributed by atoms with van der Waals surface area (Å²) in [6, 6.07) is 0. The number of amides is 1. The van der Waals surface area contributed by atoms with Gasteiger partial charge in [0, 0.05) is 58.5 Å². The van der Waals surface area contributed by atoms with Gasteiger partial charge in [-0.1, -0.05) is 0 Å². The minimum Gasteiger partial charge on any atom is -0.384 e. The van der Waals surface area contributed by atoms with Crippen molar-refractivity contribution in [3.8, 4) is 0 Å². The third-order valence-electron chi connectivity index (χ3n) is 4.91. The van der Waals surface area contributed by atoms with Gasteiger partial charge >= 0.3 is 0 Å². The highest BCUT2D eigenvalue weighted by molar-refractivity contribution is 5.77. The molecule has 1 amide bonds. The summed E-state index contributed by atoms with van der Waals surface area (Å²) in [6.07, 6.45) is 4.08. The molecule has 0 spiro atoms. The molecule has 2 aliphatic rings. The maximum absolute atomic E-state index is 12.2. The maximum Gasteiger partial charge on any atom is 0.248 e. The molecule has 1 aromatic rings. The summed E-state index contributed by atoms with van der Waals surface area (Å²) < 4.78 is 18.0. The third-order valence-corrected chi connectivity index (χ3v) is 4.91. The minimum atomic E-state index is 0.0152. The first kappa shape index (κ1) is 17.4. The zero-order valence-electron chi connectivity index (χ0n) is 14.6. The van der Waals surface area contributed by atoms with E-state index < -0.39 is 0 Å². The molecule has 0 aromatic carbocycles. The highest BCUT2D eigenvalue weighted by Crippen LogP contribution is 2.30. The summed E-state index contributed by atoms with van der Waals surface area (Å²) in [7, 11) is 3.25. The highest BCUT2D eigenvalue weighted by Gasteiger charge is 2.32. The van der Waals surface area contributed by atoms with E-state index in [-0.39, 0.29) is 18.4 Å². The minimum absolute atomic E-state index is 0.0152. The fourth-order valence-electron chi connectivity index (χ4n) is 3.71. The number of carbonyl (C=O) groups is 1. The van der Waals surface area contributed by atoms with Gasteiger partial charge in [0.2, 0.25) is 5.91 Å². The van der Waals surface area contributed by atoms with Crippen molar-refractivity contribution in [2.75, 3.05) is 47.2 Å². The van der Waals surface area contributed by atoms with Crippen LogP contribution in [0.2, 0.25) is 0 Å². The van der Waals surface area contributed by atoms with E-state index in [2.05, 4.69) is 9.78 Å². The van der Waals surface area contributed by atoms with Crippen LogP contribution >= 0.6 is 0 Å². The third kappa shape index (κ3) is 3.79. The first-order chi connectivity index (χ1) is 11.7. The Morgan fingerprint density at radius 3 is 2.83 bits per heavy atom. The van der Waals surface area contributed by atoms with Gasteiger partial charge in [0.1, 0.15) is 6.61 Å². The molecule has 3 rings (SSSR count). The van der Waals surface area contributed by atoms with Crippen molar-refractivity contribution < 1.29 is 19.0 Å². The van der Waals surface area contributed by atoms with Crippen LogP contribution in [0.5, 0.6) is 0 Å². The molecule has 0 N–H and O–H groups in total. The molecule has 1 aromatic heterocycles. The number of carbonyl (C=O) groups excluding carboxylic acids is 1. The van der Waals surface area contributed by atoms with Crippen LogP contribution in [0.4, 0.5) is 0 Å². The molecule has 134 valence electrons. The molecular weight excluding hydrogens is 310 g/mol. The predicted molar refractivity (Wildman–Crippen MR) is 87.7 cm³/mol. The normalized spacial score (nSPS) is 21.8. The van der Waals surface area contributed by atoms with Crippen LogP contribution in [-0.4, -0.2) is 67.8 Å². The second-order valence-corrected chi connectivity index (χ2v) is 6.65. The smallest absolute Gasteiger partial charge is 0.248 e. The molecule has 7 nitrogen and oxygen atoms in total. The molecule has 1 atom stereocenters. The van der Waals surface area contributed by atoms with Crippen LogP contribution < -0.4 is 0 Å². The predicted octanol–water partition coefficient (Wildman–Crippen LogP) is 1.03. The van der Waals surface area contributed by atoms with Crippen LogP contribution in [0.1, 0.15) is 30.0 Å². The molecule has 3 heterocycles. The van der Waals surface area contributed by atoms with Gasteiger partial charge in [-0.25, -0.2) is 0 Å². The summed E-state index contributed by atoms with van der Waals surface area (Å²) in [5.74, 6) is 0.780. The first-order valence-electron chi connectivity index (χ1n) is 8.61. The summed E-state index contributed by atoms with van der Waals surface area (Å²) >= 11 is 0. The summed E-state index contributed by atoms with van der Waals surface area (Å²) in [5.41, 5.74) is 2.35. The van der Waals surface area contributed by atoms with E-state index in [4.69, 9.17) is 14.2 Å². The lowest BCUT2D eigenvalue weighted by Crippen LogP contribution is -2.41. The summed E-state index contributed by atoms with van der Waals surface area (Å²) in [4.78, 5) is 14.0. The maximum atomic E-state index is 12.2. The van der Waals surface area contributed by atoms with Gasteiger partial charge in [0.15, 0.2) is 0 Å². The van der Waals surface area contributed by atoms with Gasteiger partial charge in [-0.3, -0.25) is 9.48 Å². The Labute approximate surface area is 142 Å². The standard InChI is InChI=1S/C17H27N3O4/c1-22-11-15-10-19(16(21)12-23-2)9-14-7-18-20(17(14)15)8-13-3-5-24-6-4-13/h7,13,15H,3-6,8-12H2,1-2H3. The van der Waals surface area contributed by atoms with E-state index in [1.54, 1.807) is 14.2 Å². The fourth-order valence-corrected chi connectivity index (χ4v) is 3.71. The Balaban J connectivity index is 1.77. The van der Waals surface area contributed by atoms with Gasteiger partial charge in [-0.15, -0.1) is 0 Å². The van der Waals surface area contributed by atoms with Crippen molar-refractivity contribution in [3.63, 3.8) is 0 Å². The Kier molecular flexibility index (Phi) is 5.86. The number of hydrogen-bond acceptors (Lipinski definition) is 5. The number of hydrogen-bond donors (Lipinski definition) is 0. The van der Waals surface area contributed by atoms with E-state index in [0.717, 1.165) is 38.2 Å². The SMILES string of the molecule is COCC(=O)N1Cc2cnn(CC3CCOCC3)c2C(COC)C1. The molecule has 0 radical (unpaired) electrons. The average molecular weight is 337 g/mol. The number of methoxy groups -OCH3 is 2. The zero-order chi connectivity index (χ0) is 16.9. The van der Waals surface area contributed by atoms with Crippen molar-refractivity contribution in [2.45, 2.75) is 31.8 Å². The first-order valence-corrected chi connectivity index (χ1v) is 8.61. The molecule has 7 heteroatoms. The van der Waals surface area contributed by atoms with Crippen molar-refractivity contribution in [2.24, 2.45) is 5.92 Å². The second-order valence-electron chi connectivity index (χ2n) is 6.65. The molecule has 0 saturated carbocycles. The number of aromatic nitrogens is 2. The van der Waals surface area contributed by atoms with Crippen molar-refractivity contribution >= 4 is 5.91 Å². The van der Waals surface area contributed by atoms with Gasteiger partial charge in [-0.2, -0.15) is 5.10 Å². The molecule has 1 unspecified atom stereocenters. The Morgan fingerprint density at radius 1 is 1.33 bits per heavy atom. The van der Waals surface area contributed by atoms with E-state index in [1.807, 2.05) is 11.1 Å². The van der Waals surface area contributed by atoms with Crippen LogP contribution in [0.3, 0.4) is 0 Å². The largest absolute Gasteiger partial charge is 0.384 e. The highest BCUT2D eigenvalue weighted by atomic mass is 16.5. The van der Waals surface area contributed by atoms with Crippen LogP contribution in [0, 0.1) is 5.92 Å². The van der Waals surface area contributed by atoms with E-state index in [9.17, 15) is 4.79 Å². The van der Waals surface area contributed by atoms with Crippen molar-refractivity contribution in [1.29, 1.82) is 0 Å². The van der Waals surface area contributed by atoms with E-state index in [0.29, 0.717) is 25.6 Å². The van der Waals surface area contributed by atoms with Crippen LogP contribution in [0.15, 0.2) is 6.20 Å². The molecule has 0 aliphatic carbocycles. The molecule has 1 saturated heterocycles. The number of rotatable bonds is 6. The molecule has 0 bridgehead atoms. The summed E-state index contributed by atoms with van der Waals surface area (Å²) in [5, 5.41) is 4.62. The monoisotopic (exact) mass is 337 g/mol. The molecule has 2 aliphatic heterocycles. The lowest BCUT2D eigenvalue weighted by atomic mass is 9.95. The van der Waals surface area contributed by atoms with Crippen molar-refractivity contribution in [1.82, 2.24) is 14.7 Å². The lowest BCUT2D eigenvalue weighted by Gasteiger charge is -2.33. The number of fused-ring (bicyclic) bond motifs is 1. The van der Waals surface area contributed by atoms with Gasteiger partial charge in [-0.05, 0) is 18.8 Å². The average Bonchev–Trinajstić information content (AvgIpc) is 2.99. The van der Waals surface area contributed by atoms with E-state index >= 15 is 0 Å². The van der Waals surface area contributed by atoms with Crippen LogP contribution in [0.25, 0.3) is 0 Å². The lowest BCUT2D eigenvalue weighted by molar-refractivity contribution is -0.136.